The SMILES string of the molecule is COC(=O)Cn1c(=NC(=O)Cc2ccc(OC)c(OC)c2)sc2cc3c(cc21)OCCO3. The highest BCUT2D eigenvalue weighted by atomic mass is 32.1. The molecule has 0 fully saturated rings. The van der Waals surface area contributed by atoms with Gasteiger partial charge in [0.05, 0.1) is 38.0 Å². The van der Waals surface area contributed by atoms with Gasteiger partial charge in [0.15, 0.2) is 27.8 Å². The zero-order valence-electron chi connectivity index (χ0n) is 17.9. The van der Waals surface area contributed by atoms with Crippen LogP contribution < -0.4 is 23.7 Å². The van der Waals surface area contributed by atoms with Crippen molar-refractivity contribution >= 4 is 33.4 Å². The molecule has 0 unspecified atom stereocenters. The van der Waals surface area contributed by atoms with Gasteiger partial charge in [-0.2, -0.15) is 4.99 Å². The second-order valence-electron chi connectivity index (χ2n) is 6.88. The molecule has 1 aliphatic heterocycles. The van der Waals surface area contributed by atoms with E-state index in [1.807, 2.05) is 6.07 Å². The van der Waals surface area contributed by atoms with Crippen LogP contribution in [0.15, 0.2) is 35.3 Å². The van der Waals surface area contributed by atoms with Crippen molar-refractivity contribution in [1.82, 2.24) is 4.57 Å². The molecule has 0 bridgehead atoms. The van der Waals surface area contributed by atoms with E-state index in [4.69, 9.17) is 23.7 Å². The smallest absolute Gasteiger partial charge is 0.325 e. The van der Waals surface area contributed by atoms with E-state index in [1.165, 1.54) is 25.6 Å². The molecule has 2 aromatic carbocycles. The summed E-state index contributed by atoms with van der Waals surface area (Å²) in [6.45, 7) is 0.826. The van der Waals surface area contributed by atoms with Crippen LogP contribution in [-0.4, -0.2) is 51.0 Å². The zero-order valence-corrected chi connectivity index (χ0v) is 18.7. The molecule has 4 rings (SSSR count). The third kappa shape index (κ3) is 4.40. The van der Waals surface area contributed by atoms with Crippen LogP contribution in [0.4, 0.5) is 0 Å². The molecule has 3 aromatic rings. The Morgan fingerprint density at radius 3 is 2.44 bits per heavy atom. The number of nitrogens with zero attached hydrogens (tertiary/aromatic N) is 2. The number of hydrogen-bond acceptors (Lipinski definition) is 8. The van der Waals surface area contributed by atoms with E-state index in [0.717, 1.165) is 10.3 Å². The largest absolute Gasteiger partial charge is 0.493 e. The zero-order chi connectivity index (χ0) is 22.7. The van der Waals surface area contributed by atoms with Crippen molar-refractivity contribution in [2.45, 2.75) is 13.0 Å². The maximum atomic E-state index is 12.8. The van der Waals surface area contributed by atoms with Crippen LogP contribution in [-0.2, 0) is 27.3 Å². The summed E-state index contributed by atoms with van der Waals surface area (Å²) in [6.07, 6.45) is 0.0650. The molecule has 1 aliphatic rings. The van der Waals surface area contributed by atoms with E-state index < -0.39 is 5.97 Å². The minimum atomic E-state index is -0.451. The number of amides is 1. The Hall–Kier alpha value is -3.53. The first kappa shape index (κ1) is 21.7. The van der Waals surface area contributed by atoms with Crippen molar-refractivity contribution in [2.24, 2.45) is 4.99 Å². The number of rotatable bonds is 6. The molecule has 9 nitrogen and oxygen atoms in total. The number of fused-ring (bicyclic) bond motifs is 2. The third-order valence-corrected chi connectivity index (χ3v) is 5.93. The van der Waals surface area contributed by atoms with Crippen molar-refractivity contribution in [2.75, 3.05) is 34.5 Å². The standard InChI is InChI=1S/C22H22N2O7S/c1-27-15-5-4-13(8-16(15)28-2)9-20(25)23-22-24(12-21(26)29-3)14-10-17-18(11-19(14)32-22)31-7-6-30-17/h4-5,8,10-11H,6-7,9,12H2,1-3H3. The number of ether oxygens (including phenoxy) is 5. The molecule has 0 saturated heterocycles. The first-order valence-electron chi connectivity index (χ1n) is 9.80. The van der Waals surface area contributed by atoms with Gasteiger partial charge in [-0.3, -0.25) is 9.59 Å². The molecule has 2 heterocycles. The fraction of sp³-hybridized carbons (Fsp3) is 0.318. The van der Waals surface area contributed by atoms with Crippen LogP contribution in [0.1, 0.15) is 5.56 Å². The number of carbonyl (C=O) groups excluding carboxylic acids is 2. The summed E-state index contributed by atoms with van der Waals surface area (Å²) >= 11 is 1.29. The lowest BCUT2D eigenvalue weighted by molar-refractivity contribution is -0.141. The van der Waals surface area contributed by atoms with Gasteiger partial charge in [0.25, 0.3) is 5.91 Å². The first-order chi connectivity index (χ1) is 15.5. The van der Waals surface area contributed by atoms with Crippen molar-refractivity contribution in [1.29, 1.82) is 0 Å². The summed E-state index contributed by atoms with van der Waals surface area (Å²) in [4.78, 5) is 29.5. The van der Waals surface area contributed by atoms with E-state index in [2.05, 4.69) is 4.99 Å². The fourth-order valence-corrected chi connectivity index (χ4v) is 4.41. The number of thiazole rings is 1. The quantitative estimate of drug-likeness (QED) is 0.523. The molecule has 0 radical (unpaired) electrons. The predicted molar refractivity (Wildman–Crippen MR) is 117 cm³/mol. The predicted octanol–water partition coefficient (Wildman–Crippen LogP) is 2.33. The highest BCUT2D eigenvalue weighted by molar-refractivity contribution is 7.16. The van der Waals surface area contributed by atoms with Crippen molar-refractivity contribution in [3.8, 4) is 23.0 Å². The normalized spacial score (nSPS) is 13.2. The number of methoxy groups -OCH3 is 3. The molecule has 0 atom stereocenters. The lowest BCUT2D eigenvalue weighted by Gasteiger charge is -2.18. The minimum absolute atomic E-state index is 0.0650. The second kappa shape index (κ2) is 9.31. The van der Waals surface area contributed by atoms with Crippen LogP contribution in [0, 0.1) is 0 Å². The summed E-state index contributed by atoms with van der Waals surface area (Å²) in [5, 5.41) is 0. The summed E-state index contributed by atoms with van der Waals surface area (Å²) in [7, 11) is 4.40. The van der Waals surface area contributed by atoms with E-state index in [0.29, 0.717) is 46.5 Å². The third-order valence-electron chi connectivity index (χ3n) is 4.89. The van der Waals surface area contributed by atoms with Gasteiger partial charge >= 0.3 is 5.97 Å². The minimum Gasteiger partial charge on any atom is -0.493 e. The summed E-state index contributed by atoms with van der Waals surface area (Å²) in [5.41, 5.74) is 1.44. The maximum Gasteiger partial charge on any atom is 0.325 e. The van der Waals surface area contributed by atoms with Gasteiger partial charge < -0.3 is 28.3 Å². The molecule has 168 valence electrons. The van der Waals surface area contributed by atoms with E-state index >= 15 is 0 Å². The molecular weight excluding hydrogens is 436 g/mol. The van der Waals surface area contributed by atoms with Gasteiger partial charge in [0.1, 0.15) is 19.8 Å². The van der Waals surface area contributed by atoms with Crippen LogP contribution in [0.5, 0.6) is 23.0 Å². The maximum absolute atomic E-state index is 12.8. The van der Waals surface area contributed by atoms with Gasteiger partial charge in [0.2, 0.25) is 0 Å². The number of esters is 1. The molecule has 1 amide bonds. The average molecular weight is 458 g/mol. The lowest BCUT2D eigenvalue weighted by Crippen LogP contribution is -2.23. The Bertz CT molecular complexity index is 1250. The molecule has 32 heavy (non-hydrogen) atoms. The highest BCUT2D eigenvalue weighted by Gasteiger charge is 2.18. The molecule has 0 spiro atoms. The van der Waals surface area contributed by atoms with E-state index in [-0.39, 0.29) is 18.9 Å². The molecular formula is C22H22N2O7S. The van der Waals surface area contributed by atoms with Gasteiger partial charge in [-0.05, 0) is 17.7 Å². The molecule has 0 saturated carbocycles. The van der Waals surface area contributed by atoms with Crippen LogP contribution >= 0.6 is 11.3 Å². The number of hydrogen-bond donors (Lipinski definition) is 0. The average Bonchev–Trinajstić information content (AvgIpc) is 3.12. The molecule has 0 aliphatic carbocycles. The summed E-state index contributed by atoms with van der Waals surface area (Å²) < 4.78 is 29.1. The van der Waals surface area contributed by atoms with Crippen molar-refractivity contribution < 1.29 is 33.3 Å². The van der Waals surface area contributed by atoms with Crippen molar-refractivity contribution in [3.05, 3.63) is 40.7 Å². The Morgan fingerprint density at radius 1 is 1.03 bits per heavy atom. The lowest BCUT2D eigenvalue weighted by atomic mass is 10.1. The van der Waals surface area contributed by atoms with Crippen molar-refractivity contribution in [3.63, 3.8) is 0 Å². The molecule has 10 heteroatoms. The van der Waals surface area contributed by atoms with Crippen LogP contribution in [0.25, 0.3) is 10.2 Å². The number of benzene rings is 2. The van der Waals surface area contributed by atoms with E-state index in [1.54, 1.807) is 35.9 Å². The first-order valence-corrected chi connectivity index (χ1v) is 10.6. The monoisotopic (exact) mass is 458 g/mol. The molecule has 1 aromatic heterocycles. The Kier molecular flexibility index (Phi) is 6.31. The van der Waals surface area contributed by atoms with Gasteiger partial charge in [-0.1, -0.05) is 17.4 Å². The fourth-order valence-electron chi connectivity index (χ4n) is 3.35. The Morgan fingerprint density at radius 2 is 1.75 bits per heavy atom. The number of carbonyl (C=O) groups is 2. The van der Waals surface area contributed by atoms with E-state index in [9.17, 15) is 9.59 Å². The highest BCUT2D eigenvalue weighted by Crippen LogP contribution is 2.35. The summed E-state index contributed by atoms with van der Waals surface area (Å²) in [5.74, 6) is 1.51. The summed E-state index contributed by atoms with van der Waals surface area (Å²) in [6, 6.07) is 8.89. The van der Waals surface area contributed by atoms with Gasteiger partial charge in [0, 0.05) is 12.1 Å². The van der Waals surface area contributed by atoms with Gasteiger partial charge in [-0.15, -0.1) is 0 Å². The second-order valence-corrected chi connectivity index (χ2v) is 7.89. The molecule has 0 N–H and O–H groups in total. The van der Waals surface area contributed by atoms with Crippen LogP contribution in [0.2, 0.25) is 0 Å². The Labute approximate surface area is 187 Å². The number of aromatic nitrogens is 1. The van der Waals surface area contributed by atoms with Crippen LogP contribution in [0.3, 0.4) is 0 Å². The van der Waals surface area contributed by atoms with Gasteiger partial charge in [-0.25, -0.2) is 0 Å². The topological polar surface area (TPSA) is 97.6 Å². The Balaban J connectivity index is 1.72.